The molecular formula is C13H29O2Si. The van der Waals surface area contributed by atoms with Crippen LogP contribution in [0.4, 0.5) is 0 Å². The normalized spacial score (nSPS) is 11.2. The minimum absolute atomic E-state index is 0.868. The van der Waals surface area contributed by atoms with Crippen molar-refractivity contribution in [3.8, 4) is 0 Å². The zero-order chi connectivity index (χ0) is 12.1. The number of unbranched alkanes of at least 4 members (excludes halogenated alkanes) is 4. The van der Waals surface area contributed by atoms with Crippen LogP contribution < -0.4 is 0 Å². The molecule has 0 aromatic heterocycles. The van der Waals surface area contributed by atoms with Gasteiger partial charge in [-0.2, -0.15) is 0 Å². The average Bonchev–Trinajstić information content (AvgIpc) is 2.31. The average molecular weight is 245 g/mol. The van der Waals surface area contributed by atoms with Crippen LogP contribution in [0, 0.1) is 0 Å². The Morgan fingerprint density at radius 2 is 1.25 bits per heavy atom. The molecule has 2 nitrogen and oxygen atoms in total. The Bertz CT molecular complexity index is 123. The van der Waals surface area contributed by atoms with Gasteiger partial charge >= 0.3 is 9.28 Å². The van der Waals surface area contributed by atoms with Crippen molar-refractivity contribution >= 4 is 9.28 Å². The van der Waals surface area contributed by atoms with Gasteiger partial charge in [-0.05, 0) is 18.9 Å². The van der Waals surface area contributed by atoms with E-state index in [0.29, 0.717) is 0 Å². The maximum Gasteiger partial charge on any atom is 0.384 e. The third-order valence-electron chi connectivity index (χ3n) is 2.42. The Kier molecular flexibility index (Phi) is 13.3. The molecule has 0 heterocycles. The highest BCUT2D eigenvalue weighted by Gasteiger charge is 2.14. The Morgan fingerprint density at radius 1 is 0.688 bits per heavy atom. The molecule has 0 unspecified atom stereocenters. The van der Waals surface area contributed by atoms with E-state index in [1.165, 1.54) is 32.1 Å². The van der Waals surface area contributed by atoms with Crippen molar-refractivity contribution in [2.75, 3.05) is 13.2 Å². The monoisotopic (exact) mass is 245 g/mol. The summed E-state index contributed by atoms with van der Waals surface area (Å²) < 4.78 is 11.6. The van der Waals surface area contributed by atoms with Gasteiger partial charge in [-0.3, -0.25) is 0 Å². The van der Waals surface area contributed by atoms with E-state index in [-0.39, 0.29) is 0 Å². The molecule has 0 aliphatic heterocycles. The van der Waals surface area contributed by atoms with Gasteiger partial charge in [0.05, 0.1) is 0 Å². The van der Waals surface area contributed by atoms with E-state index in [2.05, 4.69) is 20.8 Å². The van der Waals surface area contributed by atoms with Crippen molar-refractivity contribution in [2.45, 2.75) is 71.8 Å². The standard InChI is InChI=1S/C13H29O2Si/c1-4-7-8-9-10-13-16(14-11-5-2)15-12-6-3/h4-13H2,1-3H3. The van der Waals surface area contributed by atoms with Crippen LogP contribution in [0.2, 0.25) is 6.04 Å². The fourth-order valence-electron chi connectivity index (χ4n) is 1.49. The van der Waals surface area contributed by atoms with Crippen LogP contribution in [-0.4, -0.2) is 22.5 Å². The predicted octanol–water partition coefficient (Wildman–Crippen LogP) is 4.30. The van der Waals surface area contributed by atoms with Crippen LogP contribution in [0.25, 0.3) is 0 Å². The van der Waals surface area contributed by atoms with Gasteiger partial charge in [0.1, 0.15) is 0 Å². The molecule has 0 atom stereocenters. The molecule has 0 bridgehead atoms. The molecule has 0 aromatic carbocycles. The minimum Gasteiger partial charge on any atom is -0.393 e. The van der Waals surface area contributed by atoms with Gasteiger partial charge in [-0.25, -0.2) is 0 Å². The molecule has 0 aromatic rings. The predicted molar refractivity (Wildman–Crippen MR) is 71.8 cm³/mol. The second-order valence-electron chi connectivity index (χ2n) is 4.23. The molecular weight excluding hydrogens is 216 g/mol. The first kappa shape index (κ1) is 16.1. The van der Waals surface area contributed by atoms with Crippen LogP contribution in [0.1, 0.15) is 65.7 Å². The minimum atomic E-state index is -0.957. The lowest BCUT2D eigenvalue weighted by Crippen LogP contribution is -2.23. The van der Waals surface area contributed by atoms with Gasteiger partial charge in [0.2, 0.25) is 0 Å². The summed E-state index contributed by atoms with van der Waals surface area (Å²) in [5, 5.41) is 0. The van der Waals surface area contributed by atoms with E-state index < -0.39 is 9.28 Å². The van der Waals surface area contributed by atoms with E-state index in [9.17, 15) is 0 Å². The molecule has 0 aliphatic rings. The second kappa shape index (κ2) is 13.2. The molecule has 0 spiro atoms. The summed E-state index contributed by atoms with van der Waals surface area (Å²) in [5.41, 5.74) is 0. The van der Waals surface area contributed by atoms with Gasteiger partial charge in [0, 0.05) is 13.2 Å². The van der Waals surface area contributed by atoms with E-state index in [1.807, 2.05) is 0 Å². The van der Waals surface area contributed by atoms with Crippen LogP contribution in [0.5, 0.6) is 0 Å². The molecule has 3 heteroatoms. The van der Waals surface area contributed by atoms with Gasteiger partial charge in [0.15, 0.2) is 0 Å². The smallest absolute Gasteiger partial charge is 0.384 e. The van der Waals surface area contributed by atoms with Gasteiger partial charge in [-0.1, -0.05) is 52.9 Å². The zero-order valence-corrected chi connectivity index (χ0v) is 12.4. The van der Waals surface area contributed by atoms with Crippen molar-refractivity contribution in [1.82, 2.24) is 0 Å². The lowest BCUT2D eigenvalue weighted by atomic mass is 10.2. The zero-order valence-electron chi connectivity index (χ0n) is 11.4. The van der Waals surface area contributed by atoms with E-state index in [0.717, 1.165) is 32.1 Å². The van der Waals surface area contributed by atoms with Crippen molar-refractivity contribution in [3.63, 3.8) is 0 Å². The van der Waals surface area contributed by atoms with Crippen LogP contribution in [0.3, 0.4) is 0 Å². The van der Waals surface area contributed by atoms with Crippen molar-refractivity contribution in [3.05, 3.63) is 0 Å². The van der Waals surface area contributed by atoms with Crippen molar-refractivity contribution in [1.29, 1.82) is 0 Å². The van der Waals surface area contributed by atoms with Crippen molar-refractivity contribution in [2.24, 2.45) is 0 Å². The fourth-order valence-corrected chi connectivity index (χ4v) is 3.26. The summed E-state index contributed by atoms with van der Waals surface area (Å²) in [6.45, 7) is 8.30. The molecule has 16 heavy (non-hydrogen) atoms. The first-order valence-corrected chi connectivity index (χ1v) is 8.48. The Hall–Kier alpha value is 0.137. The molecule has 0 N–H and O–H groups in total. The Labute approximate surface area is 104 Å². The highest BCUT2D eigenvalue weighted by molar-refractivity contribution is 6.44. The topological polar surface area (TPSA) is 18.5 Å². The molecule has 0 aliphatic carbocycles. The van der Waals surface area contributed by atoms with E-state index in [1.54, 1.807) is 0 Å². The molecule has 1 radical (unpaired) electrons. The maximum atomic E-state index is 5.78. The Balaban J connectivity index is 3.48. The number of rotatable bonds is 12. The summed E-state index contributed by atoms with van der Waals surface area (Å²) in [6.07, 6.45) is 8.87. The van der Waals surface area contributed by atoms with Gasteiger partial charge < -0.3 is 8.85 Å². The second-order valence-corrected chi connectivity index (χ2v) is 6.05. The first-order chi connectivity index (χ1) is 7.85. The maximum absolute atomic E-state index is 5.78. The van der Waals surface area contributed by atoms with E-state index in [4.69, 9.17) is 8.85 Å². The number of hydrogen-bond acceptors (Lipinski definition) is 2. The third-order valence-corrected chi connectivity index (χ3v) is 4.23. The quantitative estimate of drug-likeness (QED) is 0.377. The summed E-state index contributed by atoms with van der Waals surface area (Å²) >= 11 is 0. The van der Waals surface area contributed by atoms with Crippen LogP contribution in [0.15, 0.2) is 0 Å². The van der Waals surface area contributed by atoms with Crippen LogP contribution in [-0.2, 0) is 8.85 Å². The SMILES string of the molecule is CCCCCCC[Si](OCCC)OCCC. The molecule has 0 fully saturated rings. The lowest BCUT2D eigenvalue weighted by Gasteiger charge is -2.14. The molecule has 0 saturated carbocycles. The summed E-state index contributed by atoms with van der Waals surface area (Å²) in [6, 6.07) is 1.16. The van der Waals surface area contributed by atoms with E-state index >= 15 is 0 Å². The number of hydrogen-bond donors (Lipinski definition) is 0. The summed E-state index contributed by atoms with van der Waals surface area (Å²) in [5.74, 6) is 0. The molecule has 0 saturated heterocycles. The van der Waals surface area contributed by atoms with Crippen molar-refractivity contribution < 1.29 is 8.85 Å². The molecule has 0 amide bonds. The fraction of sp³-hybridized carbons (Fsp3) is 1.00. The highest BCUT2D eigenvalue weighted by Crippen LogP contribution is 2.09. The Morgan fingerprint density at radius 3 is 1.75 bits per heavy atom. The largest absolute Gasteiger partial charge is 0.393 e. The third kappa shape index (κ3) is 10.6. The highest BCUT2D eigenvalue weighted by atomic mass is 28.3. The van der Waals surface area contributed by atoms with Gasteiger partial charge in [0.25, 0.3) is 0 Å². The van der Waals surface area contributed by atoms with Crippen LogP contribution >= 0.6 is 0 Å². The van der Waals surface area contributed by atoms with Gasteiger partial charge in [-0.15, -0.1) is 0 Å². The first-order valence-electron chi connectivity index (χ1n) is 6.96. The molecule has 97 valence electrons. The lowest BCUT2D eigenvalue weighted by molar-refractivity contribution is 0.195. The molecule has 0 rings (SSSR count). The summed E-state index contributed by atoms with van der Waals surface area (Å²) in [7, 11) is -0.957. The summed E-state index contributed by atoms with van der Waals surface area (Å²) in [4.78, 5) is 0.